The van der Waals surface area contributed by atoms with Gasteiger partial charge in [0.15, 0.2) is 0 Å². The Labute approximate surface area is 154 Å². The Morgan fingerprint density at radius 1 is 1.00 bits per heavy atom. The van der Waals surface area contributed by atoms with E-state index in [0.29, 0.717) is 13.1 Å². The number of carbonyl (C=O) groups is 1. The molecule has 1 aromatic carbocycles. The SMILES string of the molecule is O=C(NCc1cccs1)NCC(c1ccccc1)N1CCCCCC1. The van der Waals surface area contributed by atoms with Crippen LogP contribution in [0.4, 0.5) is 4.79 Å². The molecule has 134 valence electrons. The van der Waals surface area contributed by atoms with Crippen LogP contribution in [0.1, 0.15) is 42.2 Å². The van der Waals surface area contributed by atoms with Gasteiger partial charge in [0.1, 0.15) is 0 Å². The third kappa shape index (κ3) is 5.58. The van der Waals surface area contributed by atoms with E-state index in [-0.39, 0.29) is 12.1 Å². The van der Waals surface area contributed by atoms with Crippen LogP contribution in [0.15, 0.2) is 47.8 Å². The minimum atomic E-state index is -0.0934. The van der Waals surface area contributed by atoms with E-state index in [0.717, 1.165) is 13.1 Å². The van der Waals surface area contributed by atoms with Crippen molar-refractivity contribution >= 4 is 17.4 Å². The number of nitrogens with one attached hydrogen (secondary N) is 2. The Morgan fingerprint density at radius 3 is 2.44 bits per heavy atom. The predicted octanol–water partition coefficient (Wildman–Crippen LogP) is 4.16. The van der Waals surface area contributed by atoms with Crippen molar-refractivity contribution in [1.82, 2.24) is 15.5 Å². The van der Waals surface area contributed by atoms with Gasteiger partial charge in [-0.3, -0.25) is 4.90 Å². The van der Waals surface area contributed by atoms with Gasteiger partial charge >= 0.3 is 6.03 Å². The molecule has 1 atom stereocenters. The zero-order valence-corrected chi connectivity index (χ0v) is 15.4. The highest BCUT2D eigenvalue weighted by atomic mass is 32.1. The van der Waals surface area contributed by atoms with Crippen molar-refractivity contribution in [1.29, 1.82) is 0 Å². The Bertz CT molecular complexity index is 622. The number of carbonyl (C=O) groups excluding carboxylic acids is 1. The summed E-state index contributed by atoms with van der Waals surface area (Å²) in [6.45, 7) is 3.44. The molecule has 2 amide bonds. The molecule has 4 nitrogen and oxygen atoms in total. The fourth-order valence-corrected chi connectivity index (χ4v) is 4.02. The van der Waals surface area contributed by atoms with E-state index in [2.05, 4.69) is 39.8 Å². The van der Waals surface area contributed by atoms with Crippen molar-refractivity contribution in [3.63, 3.8) is 0 Å². The van der Waals surface area contributed by atoms with Crippen molar-refractivity contribution in [3.05, 3.63) is 58.3 Å². The third-order valence-electron chi connectivity index (χ3n) is 4.73. The Hall–Kier alpha value is -1.85. The minimum Gasteiger partial charge on any atom is -0.336 e. The van der Waals surface area contributed by atoms with Crippen LogP contribution < -0.4 is 10.6 Å². The molecule has 0 spiro atoms. The second-order valence-electron chi connectivity index (χ2n) is 6.52. The molecule has 25 heavy (non-hydrogen) atoms. The van der Waals surface area contributed by atoms with Crippen molar-refractivity contribution in [2.45, 2.75) is 38.3 Å². The van der Waals surface area contributed by atoms with E-state index in [1.807, 2.05) is 23.6 Å². The second kappa shape index (κ2) is 9.59. The van der Waals surface area contributed by atoms with Gasteiger partial charge in [-0.15, -0.1) is 11.3 Å². The van der Waals surface area contributed by atoms with Gasteiger partial charge < -0.3 is 10.6 Å². The lowest BCUT2D eigenvalue weighted by Crippen LogP contribution is -2.42. The number of urea groups is 1. The van der Waals surface area contributed by atoms with Crippen LogP contribution >= 0.6 is 11.3 Å². The van der Waals surface area contributed by atoms with Gasteiger partial charge in [-0.2, -0.15) is 0 Å². The minimum absolute atomic E-state index is 0.0934. The largest absolute Gasteiger partial charge is 0.336 e. The number of amides is 2. The van der Waals surface area contributed by atoms with Crippen molar-refractivity contribution in [2.24, 2.45) is 0 Å². The molecule has 0 saturated carbocycles. The molecule has 0 radical (unpaired) electrons. The molecule has 0 bridgehead atoms. The predicted molar refractivity (Wildman–Crippen MR) is 104 cm³/mol. The first-order valence-corrected chi connectivity index (χ1v) is 10.0. The molecule has 2 N–H and O–H groups in total. The van der Waals surface area contributed by atoms with E-state index in [4.69, 9.17) is 0 Å². The lowest BCUT2D eigenvalue weighted by atomic mass is 10.0. The first kappa shape index (κ1) is 18.0. The van der Waals surface area contributed by atoms with Gasteiger partial charge in [-0.05, 0) is 42.9 Å². The monoisotopic (exact) mass is 357 g/mol. The highest BCUT2D eigenvalue weighted by Gasteiger charge is 2.21. The third-order valence-corrected chi connectivity index (χ3v) is 5.60. The second-order valence-corrected chi connectivity index (χ2v) is 7.55. The van der Waals surface area contributed by atoms with Gasteiger partial charge in [-0.25, -0.2) is 4.79 Å². The molecule has 1 unspecified atom stereocenters. The number of benzene rings is 1. The van der Waals surface area contributed by atoms with Crippen LogP contribution in [0.5, 0.6) is 0 Å². The van der Waals surface area contributed by atoms with Crippen LogP contribution in [0, 0.1) is 0 Å². The number of hydrogen-bond acceptors (Lipinski definition) is 3. The molecule has 1 aliphatic rings. The summed E-state index contributed by atoms with van der Waals surface area (Å²) in [7, 11) is 0. The molecule has 2 heterocycles. The smallest absolute Gasteiger partial charge is 0.315 e. The standard InChI is InChI=1S/C20H27N3OS/c24-20(21-15-18-11-8-14-25-18)22-16-19(17-9-4-3-5-10-17)23-12-6-1-2-7-13-23/h3-5,8-11,14,19H,1-2,6-7,12-13,15-16H2,(H2,21,22,24). The van der Waals surface area contributed by atoms with Crippen molar-refractivity contribution < 1.29 is 4.79 Å². The Kier molecular flexibility index (Phi) is 6.89. The maximum Gasteiger partial charge on any atom is 0.315 e. The number of thiophene rings is 1. The summed E-state index contributed by atoms with van der Waals surface area (Å²) >= 11 is 1.66. The highest BCUT2D eigenvalue weighted by Crippen LogP contribution is 2.23. The maximum atomic E-state index is 12.2. The number of likely N-dealkylation sites (tertiary alicyclic amines) is 1. The molecule has 1 aliphatic heterocycles. The van der Waals surface area contributed by atoms with E-state index in [1.165, 1.54) is 36.1 Å². The molecule has 0 aliphatic carbocycles. The van der Waals surface area contributed by atoms with E-state index < -0.39 is 0 Å². The summed E-state index contributed by atoms with van der Waals surface area (Å²) in [5.41, 5.74) is 1.28. The molecule has 3 rings (SSSR count). The van der Waals surface area contributed by atoms with Gasteiger partial charge in [0.05, 0.1) is 12.6 Å². The summed E-state index contributed by atoms with van der Waals surface area (Å²) in [5, 5.41) is 8.05. The van der Waals surface area contributed by atoms with Crippen LogP contribution in [-0.4, -0.2) is 30.6 Å². The Balaban J connectivity index is 1.58. The highest BCUT2D eigenvalue weighted by molar-refractivity contribution is 7.09. The first-order chi connectivity index (χ1) is 12.3. The fourth-order valence-electron chi connectivity index (χ4n) is 3.37. The van der Waals surface area contributed by atoms with Crippen LogP contribution in [-0.2, 0) is 6.54 Å². The van der Waals surface area contributed by atoms with Crippen LogP contribution in [0.25, 0.3) is 0 Å². The zero-order valence-electron chi connectivity index (χ0n) is 14.6. The normalized spacial score (nSPS) is 16.8. The lowest BCUT2D eigenvalue weighted by molar-refractivity contribution is 0.196. The fraction of sp³-hybridized carbons (Fsp3) is 0.450. The summed E-state index contributed by atoms with van der Waals surface area (Å²) in [5.74, 6) is 0. The summed E-state index contributed by atoms with van der Waals surface area (Å²) in [6.07, 6.45) is 5.11. The molecule has 1 aromatic heterocycles. The summed E-state index contributed by atoms with van der Waals surface area (Å²) in [6, 6.07) is 14.7. The average Bonchev–Trinajstić information content (AvgIpc) is 3.03. The summed E-state index contributed by atoms with van der Waals surface area (Å²) in [4.78, 5) is 15.9. The van der Waals surface area contributed by atoms with Crippen molar-refractivity contribution in [3.8, 4) is 0 Å². The molecule has 2 aromatic rings. The van der Waals surface area contributed by atoms with Gasteiger partial charge in [0, 0.05) is 11.4 Å². The molecular formula is C20H27N3OS. The first-order valence-electron chi connectivity index (χ1n) is 9.16. The zero-order chi connectivity index (χ0) is 17.3. The van der Waals surface area contributed by atoms with Gasteiger partial charge in [0.25, 0.3) is 0 Å². The number of rotatable bonds is 6. The average molecular weight is 358 g/mol. The molecule has 5 heteroatoms. The quantitative estimate of drug-likeness (QED) is 0.815. The van der Waals surface area contributed by atoms with Crippen LogP contribution in [0.3, 0.4) is 0 Å². The number of hydrogen-bond donors (Lipinski definition) is 2. The lowest BCUT2D eigenvalue weighted by Gasteiger charge is -2.31. The van der Waals surface area contributed by atoms with E-state index >= 15 is 0 Å². The Morgan fingerprint density at radius 2 is 1.76 bits per heavy atom. The molecule has 1 fully saturated rings. The number of nitrogens with zero attached hydrogens (tertiary/aromatic N) is 1. The van der Waals surface area contributed by atoms with Crippen molar-refractivity contribution in [2.75, 3.05) is 19.6 Å². The van der Waals surface area contributed by atoms with E-state index in [9.17, 15) is 4.79 Å². The molecular weight excluding hydrogens is 330 g/mol. The molecule has 1 saturated heterocycles. The maximum absolute atomic E-state index is 12.2. The topological polar surface area (TPSA) is 44.4 Å². The van der Waals surface area contributed by atoms with E-state index in [1.54, 1.807) is 11.3 Å². The summed E-state index contributed by atoms with van der Waals surface area (Å²) < 4.78 is 0. The van der Waals surface area contributed by atoms with Gasteiger partial charge in [0.2, 0.25) is 0 Å². The van der Waals surface area contributed by atoms with Crippen LogP contribution in [0.2, 0.25) is 0 Å². The van der Waals surface area contributed by atoms with Gasteiger partial charge in [-0.1, -0.05) is 49.2 Å².